The molecule has 0 saturated carbocycles. The molecule has 1 aliphatic rings. The number of hydrogen-bond donors (Lipinski definition) is 0. The number of carbonyl (C=O) groups is 1. The van der Waals surface area contributed by atoms with Gasteiger partial charge in [0.1, 0.15) is 0 Å². The van der Waals surface area contributed by atoms with Gasteiger partial charge < -0.3 is 14.4 Å². The summed E-state index contributed by atoms with van der Waals surface area (Å²) in [5.41, 5.74) is 0. The van der Waals surface area contributed by atoms with Crippen molar-refractivity contribution in [2.45, 2.75) is 6.10 Å². The Bertz CT molecular complexity index is 211. The minimum atomic E-state index is -0.516. The van der Waals surface area contributed by atoms with Crippen molar-refractivity contribution in [3.63, 3.8) is 0 Å². The van der Waals surface area contributed by atoms with Crippen LogP contribution in [0.1, 0.15) is 0 Å². The molecule has 66 valence electrons. The summed E-state index contributed by atoms with van der Waals surface area (Å²) < 4.78 is 9.55. The van der Waals surface area contributed by atoms with Crippen LogP contribution in [0.2, 0.25) is 0 Å². The van der Waals surface area contributed by atoms with Crippen LogP contribution in [0, 0.1) is 11.3 Å². The van der Waals surface area contributed by atoms with Crippen LogP contribution < -0.4 is 0 Å². The average Bonchev–Trinajstić information content (AvgIpc) is 2.17. The summed E-state index contributed by atoms with van der Waals surface area (Å²) in [7, 11) is 1.32. The monoisotopic (exact) mass is 170 g/mol. The molecule has 0 bridgehead atoms. The molecular formula is C7H10N2O3. The van der Waals surface area contributed by atoms with E-state index in [1.807, 2.05) is 6.07 Å². The minimum absolute atomic E-state index is 0.295. The van der Waals surface area contributed by atoms with E-state index in [-0.39, 0.29) is 0 Å². The van der Waals surface area contributed by atoms with E-state index in [9.17, 15) is 4.79 Å². The highest BCUT2D eigenvalue weighted by atomic mass is 16.5. The van der Waals surface area contributed by atoms with Gasteiger partial charge in [-0.3, -0.25) is 0 Å². The zero-order valence-electron chi connectivity index (χ0n) is 6.82. The molecule has 0 N–H and O–H groups in total. The number of carbonyl (C=O) groups excluding carboxylic acids is 1. The first kappa shape index (κ1) is 8.81. The van der Waals surface area contributed by atoms with Crippen molar-refractivity contribution in [1.29, 1.82) is 5.26 Å². The number of methoxy groups -OCH3 is 1. The Balaban J connectivity index is 2.47. The lowest BCUT2D eigenvalue weighted by Gasteiger charge is -2.28. The lowest BCUT2D eigenvalue weighted by molar-refractivity contribution is 0.00196. The van der Waals surface area contributed by atoms with E-state index in [4.69, 9.17) is 10.00 Å². The van der Waals surface area contributed by atoms with Crippen molar-refractivity contribution in [2.75, 3.05) is 26.8 Å². The predicted molar refractivity (Wildman–Crippen MR) is 39.3 cm³/mol. The van der Waals surface area contributed by atoms with E-state index in [2.05, 4.69) is 4.74 Å². The van der Waals surface area contributed by atoms with Crippen LogP contribution in [0.5, 0.6) is 0 Å². The number of morpholine rings is 1. The van der Waals surface area contributed by atoms with E-state index in [0.29, 0.717) is 19.7 Å². The van der Waals surface area contributed by atoms with Gasteiger partial charge in [0.05, 0.1) is 26.3 Å². The fraction of sp³-hybridized carbons (Fsp3) is 0.714. The quantitative estimate of drug-likeness (QED) is 0.512. The van der Waals surface area contributed by atoms with Crippen molar-refractivity contribution < 1.29 is 14.3 Å². The third-order valence-corrected chi connectivity index (χ3v) is 1.64. The summed E-state index contributed by atoms with van der Waals surface area (Å²) in [5, 5.41) is 8.51. The van der Waals surface area contributed by atoms with Gasteiger partial charge in [0.2, 0.25) is 0 Å². The molecule has 0 aromatic carbocycles. The second-order valence-electron chi connectivity index (χ2n) is 2.40. The number of rotatable bonds is 0. The molecule has 1 atom stereocenters. The number of nitriles is 1. The highest BCUT2D eigenvalue weighted by Gasteiger charge is 2.23. The third-order valence-electron chi connectivity index (χ3n) is 1.64. The first-order valence-corrected chi connectivity index (χ1v) is 3.62. The highest BCUT2D eigenvalue weighted by molar-refractivity contribution is 5.67. The topological polar surface area (TPSA) is 62.6 Å². The molecule has 0 aromatic rings. The van der Waals surface area contributed by atoms with Crippen molar-refractivity contribution >= 4 is 6.09 Å². The molecule has 1 fully saturated rings. The lowest BCUT2D eigenvalue weighted by atomic mass is 10.3. The average molecular weight is 170 g/mol. The van der Waals surface area contributed by atoms with Crippen molar-refractivity contribution in [1.82, 2.24) is 4.90 Å². The van der Waals surface area contributed by atoms with Gasteiger partial charge in [0.15, 0.2) is 6.10 Å². The maximum Gasteiger partial charge on any atom is 0.409 e. The van der Waals surface area contributed by atoms with Crippen LogP contribution in [0.25, 0.3) is 0 Å². The second-order valence-corrected chi connectivity index (χ2v) is 2.40. The molecule has 12 heavy (non-hydrogen) atoms. The maximum absolute atomic E-state index is 11.0. The van der Waals surface area contributed by atoms with Crippen LogP contribution in [0.3, 0.4) is 0 Å². The van der Waals surface area contributed by atoms with Gasteiger partial charge in [-0.2, -0.15) is 5.26 Å². The van der Waals surface area contributed by atoms with Crippen molar-refractivity contribution in [3.8, 4) is 6.07 Å². The first-order chi connectivity index (χ1) is 5.77. The molecule has 1 saturated heterocycles. The number of hydrogen-bond acceptors (Lipinski definition) is 4. The Labute approximate surface area is 70.5 Å². The number of nitrogens with zero attached hydrogens (tertiary/aromatic N) is 2. The summed E-state index contributed by atoms with van der Waals surface area (Å²) >= 11 is 0. The zero-order chi connectivity index (χ0) is 8.97. The second kappa shape index (κ2) is 3.93. The van der Waals surface area contributed by atoms with Gasteiger partial charge in [-0.15, -0.1) is 0 Å². The van der Waals surface area contributed by atoms with E-state index in [1.54, 1.807) is 0 Å². The Morgan fingerprint density at radius 2 is 2.58 bits per heavy atom. The van der Waals surface area contributed by atoms with E-state index >= 15 is 0 Å². The van der Waals surface area contributed by atoms with Crippen molar-refractivity contribution in [3.05, 3.63) is 0 Å². The fourth-order valence-electron chi connectivity index (χ4n) is 1.02. The molecule has 0 radical (unpaired) electrons. The lowest BCUT2D eigenvalue weighted by Crippen LogP contribution is -2.45. The summed E-state index contributed by atoms with van der Waals surface area (Å²) in [4.78, 5) is 12.4. The summed E-state index contributed by atoms with van der Waals surface area (Å²) in [5.74, 6) is 0. The Morgan fingerprint density at radius 1 is 1.83 bits per heavy atom. The minimum Gasteiger partial charge on any atom is -0.453 e. The van der Waals surface area contributed by atoms with Crippen LogP contribution >= 0.6 is 0 Å². The molecule has 1 heterocycles. The standard InChI is InChI=1S/C7H10N2O3/c1-11-7(10)9-2-3-12-6(4-8)5-9/h6H,2-3,5H2,1H3. The normalized spacial score (nSPS) is 23.0. The van der Waals surface area contributed by atoms with Gasteiger partial charge in [-0.05, 0) is 0 Å². The molecular weight excluding hydrogens is 160 g/mol. The molecule has 0 spiro atoms. The molecule has 1 aliphatic heterocycles. The molecule has 1 rings (SSSR count). The molecule has 5 heteroatoms. The maximum atomic E-state index is 11.0. The van der Waals surface area contributed by atoms with Gasteiger partial charge in [-0.1, -0.05) is 0 Å². The van der Waals surface area contributed by atoms with Crippen molar-refractivity contribution in [2.24, 2.45) is 0 Å². The Morgan fingerprint density at radius 3 is 3.17 bits per heavy atom. The molecule has 1 unspecified atom stereocenters. The van der Waals surface area contributed by atoms with Gasteiger partial charge in [0.25, 0.3) is 0 Å². The van der Waals surface area contributed by atoms with E-state index in [0.717, 1.165) is 0 Å². The smallest absolute Gasteiger partial charge is 0.409 e. The first-order valence-electron chi connectivity index (χ1n) is 3.62. The summed E-state index contributed by atoms with van der Waals surface area (Å²) in [6, 6.07) is 1.94. The van der Waals surface area contributed by atoms with E-state index < -0.39 is 12.2 Å². The zero-order valence-corrected chi connectivity index (χ0v) is 6.82. The van der Waals surface area contributed by atoms with Crippen LogP contribution in [0.15, 0.2) is 0 Å². The van der Waals surface area contributed by atoms with Crippen LogP contribution in [0.4, 0.5) is 4.79 Å². The van der Waals surface area contributed by atoms with Crippen LogP contribution in [-0.2, 0) is 9.47 Å². The van der Waals surface area contributed by atoms with Gasteiger partial charge in [0, 0.05) is 6.54 Å². The highest BCUT2D eigenvalue weighted by Crippen LogP contribution is 2.04. The van der Waals surface area contributed by atoms with Crippen LogP contribution in [-0.4, -0.2) is 43.9 Å². The number of ether oxygens (including phenoxy) is 2. The Hall–Kier alpha value is -1.28. The fourth-order valence-corrected chi connectivity index (χ4v) is 1.02. The molecule has 0 aliphatic carbocycles. The SMILES string of the molecule is COC(=O)N1CCOC(C#N)C1. The summed E-state index contributed by atoms with van der Waals surface area (Å²) in [6.45, 7) is 1.18. The molecule has 1 amide bonds. The third kappa shape index (κ3) is 1.86. The summed E-state index contributed by atoms with van der Waals surface area (Å²) in [6.07, 6.45) is -0.920. The number of amides is 1. The Kier molecular flexibility index (Phi) is 2.88. The molecule has 5 nitrogen and oxygen atoms in total. The van der Waals surface area contributed by atoms with Gasteiger partial charge in [-0.25, -0.2) is 4.79 Å². The predicted octanol–water partition coefficient (Wildman–Crippen LogP) is -0.0228. The largest absolute Gasteiger partial charge is 0.453 e. The van der Waals surface area contributed by atoms with Gasteiger partial charge >= 0.3 is 6.09 Å². The van der Waals surface area contributed by atoms with E-state index in [1.165, 1.54) is 12.0 Å². The molecule has 0 aromatic heterocycles.